The minimum atomic E-state index is -0.0731. The molecule has 0 aliphatic carbocycles. The lowest BCUT2D eigenvalue weighted by atomic mass is 9.95. The topological polar surface area (TPSA) is 80.0 Å². The van der Waals surface area contributed by atoms with E-state index in [1.165, 1.54) is 19.3 Å². The van der Waals surface area contributed by atoms with Crippen LogP contribution in [0.1, 0.15) is 54.2 Å². The Labute approximate surface area is 153 Å². The van der Waals surface area contributed by atoms with E-state index in [1.807, 2.05) is 0 Å². The van der Waals surface area contributed by atoms with Crippen LogP contribution in [0.25, 0.3) is 0 Å². The Balaban J connectivity index is 1.43. The third kappa shape index (κ3) is 3.33. The summed E-state index contributed by atoms with van der Waals surface area (Å²) < 4.78 is 2.23. The van der Waals surface area contributed by atoms with Crippen molar-refractivity contribution in [2.24, 2.45) is 0 Å². The van der Waals surface area contributed by atoms with Crippen molar-refractivity contribution in [3.05, 3.63) is 35.9 Å². The fourth-order valence-corrected chi connectivity index (χ4v) is 3.97. The van der Waals surface area contributed by atoms with Gasteiger partial charge >= 0.3 is 0 Å². The Morgan fingerprint density at radius 1 is 1.19 bits per heavy atom. The fraction of sp³-hybridized carbons (Fsp3) is 0.611. The van der Waals surface area contributed by atoms with Crippen molar-refractivity contribution in [1.82, 2.24) is 34.5 Å². The number of amides is 1. The standard InChI is InChI=1S/C18H25N7O/c1-2-7-23-8-4-14(5-9-23)17-22-21-16-12-24(10-11-25(16)17)18(26)15-3-6-19-13-20-15/h3,6,13-14H,2,4-5,7-12H2,1H3. The average Bonchev–Trinajstić information content (AvgIpc) is 3.12. The van der Waals surface area contributed by atoms with Crippen LogP contribution in [0.2, 0.25) is 0 Å². The second kappa shape index (κ2) is 7.49. The maximum Gasteiger partial charge on any atom is 0.273 e. The number of carbonyl (C=O) groups excluding carboxylic acids is 1. The molecule has 4 rings (SSSR count). The van der Waals surface area contributed by atoms with Gasteiger partial charge in [0.1, 0.15) is 17.8 Å². The molecule has 0 saturated carbocycles. The predicted molar refractivity (Wildman–Crippen MR) is 95.5 cm³/mol. The molecular weight excluding hydrogens is 330 g/mol. The monoisotopic (exact) mass is 355 g/mol. The van der Waals surface area contributed by atoms with Gasteiger partial charge in [-0.25, -0.2) is 9.97 Å². The molecular formula is C18H25N7O. The van der Waals surface area contributed by atoms with Crippen LogP contribution in [0.5, 0.6) is 0 Å². The van der Waals surface area contributed by atoms with Gasteiger partial charge in [0.2, 0.25) is 0 Å². The molecule has 4 heterocycles. The number of carbonyl (C=O) groups is 1. The van der Waals surface area contributed by atoms with Gasteiger partial charge in [-0.2, -0.15) is 0 Å². The van der Waals surface area contributed by atoms with E-state index < -0.39 is 0 Å². The van der Waals surface area contributed by atoms with Crippen molar-refractivity contribution in [1.29, 1.82) is 0 Å². The first-order valence-electron chi connectivity index (χ1n) is 9.46. The molecule has 0 atom stereocenters. The second-order valence-electron chi connectivity index (χ2n) is 7.06. The molecule has 1 saturated heterocycles. The van der Waals surface area contributed by atoms with Crippen LogP contribution in [0.15, 0.2) is 18.6 Å². The Hall–Kier alpha value is -2.35. The number of hydrogen-bond acceptors (Lipinski definition) is 6. The van der Waals surface area contributed by atoms with Crippen molar-refractivity contribution < 1.29 is 4.79 Å². The predicted octanol–water partition coefficient (Wildman–Crippen LogP) is 1.31. The lowest BCUT2D eigenvalue weighted by molar-refractivity contribution is 0.0699. The molecule has 1 amide bonds. The number of rotatable bonds is 4. The molecule has 8 heteroatoms. The minimum Gasteiger partial charge on any atom is -0.328 e. The normalized spacial score (nSPS) is 18.7. The van der Waals surface area contributed by atoms with E-state index in [0.29, 0.717) is 24.7 Å². The van der Waals surface area contributed by atoms with Crippen LogP contribution in [0.3, 0.4) is 0 Å². The highest BCUT2D eigenvalue weighted by Gasteiger charge is 2.30. The van der Waals surface area contributed by atoms with Crippen molar-refractivity contribution >= 4 is 5.91 Å². The zero-order valence-electron chi connectivity index (χ0n) is 15.2. The number of nitrogens with zero attached hydrogens (tertiary/aromatic N) is 7. The van der Waals surface area contributed by atoms with Gasteiger partial charge in [0.25, 0.3) is 5.91 Å². The summed E-state index contributed by atoms with van der Waals surface area (Å²) in [7, 11) is 0. The number of piperidine rings is 1. The van der Waals surface area contributed by atoms with Crippen molar-refractivity contribution in [2.45, 2.75) is 45.2 Å². The zero-order chi connectivity index (χ0) is 17.9. The number of likely N-dealkylation sites (tertiary alicyclic amines) is 1. The molecule has 2 aromatic heterocycles. The van der Waals surface area contributed by atoms with E-state index >= 15 is 0 Å². The summed E-state index contributed by atoms with van der Waals surface area (Å²) in [6.07, 6.45) is 6.49. The van der Waals surface area contributed by atoms with Gasteiger partial charge in [-0.1, -0.05) is 6.92 Å². The lowest BCUT2D eigenvalue weighted by Crippen LogP contribution is -2.40. The van der Waals surface area contributed by atoms with Gasteiger partial charge < -0.3 is 14.4 Å². The van der Waals surface area contributed by atoms with Gasteiger partial charge in [0.05, 0.1) is 6.54 Å². The molecule has 0 spiro atoms. The quantitative estimate of drug-likeness (QED) is 0.823. The van der Waals surface area contributed by atoms with Crippen LogP contribution in [0.4, 0.5) is 0 Å². The van der Waals surface area contributed by atoms with E-state index in [-0.39, 0.29) is 5.91 Å². The van der Waals surface area contributed by atoms with Gasteiger partial charge in [0.15, 0.2) is 5.82 Å². The molecule has 0 radical (unpaired) electrons. The highest BCUT2D eigenvalue weighted by Crippen LogP contribution is 2.28. The van der Waals surface area contributed by atoms with Gasteiger partial charge in [-0.3, -0.25) is 4.79 Å². The van der Waals surface area contributed by atoms with Gasteiger partial charge in [0, 0.05) is 25.2 Å². The van der Waals surface area contributed by atoms with Crippen molar-refractivity contribution in [2.75, 3.05) is 26.2 Å². The van der Waals surface area contributed by atoms with Gasteiger partial charge in [-0.15, -0.1) is 10.2 Å². The molecule has 0 unspecified atom stereocenters. The SMILES string of the molecule is CCCN1CCC(c2nnc3n2CCN(C(=O)c2ccncn2)C3)CC1. The molecule has 0 N–H and O–H groups in total. The van der Waals surface area contributed by atoms with Gasteiger partial charge in [-0.05, 0) is 45.0 Å². The molecule has 26 heavy (non-hydrogen) atoms. The smallest absolute Gasteiger partial charge is 0.273 e. The molecule has 2 aliphatic rings. The minimum absolute atomic E-state index is 0.0731. The van der Waals surface area contributed by atoms with E-state index in [4.69, 9.17) is 0 Å². The van der Waals surface area contributed by atoms with E-state index in [0.717, 1.165) is 44.1 Å². The lowest BCUT2D eigenvalue weighted by Gasteiger charge is -2.32. The summed E-state index contributed by atoms with van der Waals surface area (Å²) in [5.74, 6) is 2.39. The Morgan fingerprint density at radius 3 is 2.77 bits per heavy atom. The van der Waals surface area contributed by atoms with Crippen molar-refractivity contribution in [3.8, 4) is 0 Å². The summed E-state index contributed by atoms with van der Waals surface area (Å²) in [6.45, 7) is 7.60. The average molecular weight is 355 g/mol. The Bertz CT molecular complexity index is 752. The highest BCUT2D eigenvalue weighted by molar-refractivity contribution is 5.92. The molecule has 8 nitrogen and oxygen atoms in total. The third-order valence-corrected chi connectivity index (χ3v) is 5.36. The Morgan fingerprint density at radius 2 is 2.04 bits per heavy atom. The summed E-state index contributed by atoms with van der Waals surface area (Å²) in [5.41, 5.74) is 0.427. The molecule has 0 bridgehead atoms. The first-order valence-corrected chi connectivity index (χ1v) is 9.46. The molecule has 1 fully saturated rings. The van der Waals surface area contributed by atoms with Crippen LogP contribution < -0.4 is 0 Å². The summed E-state index contributed by atoms with van der Waals surface area (Å²) in [6, 6.07) is 1.65. The Kier molecular flexibility index (Phi) is 4.92. The molecule has 138 valence electrons. The third-order valence-electron chi connectivity index (χ3n) is 5.36. The fourth-order valence-electron chi connectivity index (χ4n) is 3.97. The van der Waals surface area contributed by atoms with Crippen LogP contribution in [-0.2, 0) is 13.1 Å². The van der Waals surface area contributed by atoms with Crippen LogP contribution in [-0.4, -0.2) is 66.6 Å². The molecule has 0 aromatic carbocycles. The second-order valence-corrected chi connectivity index (χ2v) is 7.06. The molecule has 2 aromatic rings. The van der Waals surface area contributed by atoms with E-state index in [2.05, 4.69) is 36.6 Å². The largest absolute Gasteiger partial charge is 0.328 e. The zero-order valence-corrected chi connectivity index (χ0v) is 15.2. The summed E-state index contributed by atoms with van der Waals surface area (Å²) in [4.78, 5) is 24.8. The van der Waals surface area contributed by atoms with Crippen LogP contribution >= 0.6 is 0 Å². The van der Waals surface area contributed by atoms with Crippen LogP contribution in [0, 0.1) is 0 Å². The first kappa shape index (κ1) is 17.1. The number of hydrogen-bond donors (Lipinski definition) is 0. The van der Waals surface area contributed by atoms with E-state index in [1.54, 1.807) is 17.2 Å². The first-order chi connectivity index (χ1) is 12.8. The van der Waals surface area contributed by atoms with E-state index in [9.17, 15) is 4.79 Å². The summed E-state index contributed by atoms with van der Waals surface area (Å²) >= 11 is 0. The highest BCUT2D eigenvalue weighted by atomic mass is 16.2. The maximum absolute atomic E-state index is 12.6. The maximum atomic E-state index is 12.6. The van der Waals surface area contributed by atoms with Crippen molar-refractivity contribution in [3.63, 3.8) is 0 Å². The number of fused-ring (bicyclic) bond motifs is 1. The number of aromatic nitrogens is 5. The molecule has 2 aliphatic heterocycles. The summed E-state index contributed by atoms with van der Waals surface area (Å²) in [5, 5.41) is 8.88.